The summed E-state index contributed by atoms with van der Waals surface area (Å²) in [6.07, 6.45) is 11.6. The first-order chi connectivity index (χ1) is 13.8. The van der Waals surface area contributed by atoms with E-state index in [0.29, 0.717) is 5.76 Å². The highest BCUT2D eigenvalue weighted by atomic mass is 16.6. The number of rotatable bonds is 6. The number of aliphatic hydroxyl groups is 1. The molecule has 154 valence electrons. The van der Waals surface area contributed by atoms with Gasteiger partial charge in [0.2, 0.25) is 0 Å². The predicted octanol–water partition coefficient (Wildman–Crippen LogP) is 0.880. The van der Waals surface area contributed by atoms with Gasteiger partial charge in [0.05, 0.1) is 6.17 Å². The average molecular weight is 389 g/mol. The summed E-state index contributed by atoms with van der Waals surface area (Å²) in [5.41, 5.74) is 1.33. The topological polar surface area (TPSA) is 69.2 Å². The summed E-state index contributed by atoms with van der Waals surface area (Å²) in [6, 6.07) is 0. The van der Waals surface area contributed by atoms with Crippen LogP contribution in [0.2, 0.25) is 0 Å². The molecule has 0 saturated carbocycles. The van der Waals surface area contributed by atoms with Gasteiger partial charge in [0.1, 0.15) is 24.4 Å². The molecule has 3 N–H and O–H groups in total. The highest BCUT2D eigenvalue weighted by Gasteiger charge is 2.37. The Morgan fingerprint density at radius 1 is 1.00 bits per heavy atom. The average Bonchev–Trinajstić information content (AvgIpc) is 2.76. The Labute approximate surface area is 167 Å². The van der Waals surface area contributed by atoms with E-state index in [-0.39, 0.29) is 6.17 Å². The summed E-state index contributed by atoms with van der Waals surface area (Å²) < 4.78 is 11.7. The lowest BCUT2D eigenvalue weighted by atomic mass is 10.0. The number of ether oxygens (including phenoxy) is 2. The van der Waals surface area contributed by atoms with E-state index in [4.69, 9.17) is 9.47 Å². The van der Waals surface area contributed by atoms with E-state index in [1.807, 2.05) is 0 Å². The normalized spacial score (nSPS) is 25.4. The van der Waals surface area contributed by atoms with Gasteiger partial charge in [0.15, 0.2) is 5.76 Å². The third-order valence-corrected chi connectivity index (χ3v) is 5.76. The molecule has 3 heterocycles. The van der Waals surface area contributed by atoms with Gasteiger partial charge >= 0.3 is 0 Å². The number of piperazine rings is 2. The van der Waals surface area contributed by atoms with Crippen LogP contribution in [0.25, 0.3) is 0 Å². The molecule has 0 aromatic carbocycles. The molecule has 2 saturated heterocycles. The van der Waals surface area contributed by atoms with Gasteiger partial charge in [-0.15, -0.1) is 0 Å². The molecular formula is C21H32N4O3. The zero-order valence-corrected chi connectivity index (χ0v) is 16.5. The summed E-state index contributed by atoms with van der Waals surface area (Å²) in [5.74, 6) is 1.27. The summed E-state index contributed by atoms with van der Waals surface area (Å²) >= 11 is 0. The van der Waals surface area contributed by atoms with Gasteiger partial charge in [-0.1, -0.05) is 23.8 Å². The zero-order chi connectivity index (χ0) is 19.2. The van der Waals surface area contributed by atoms with E-state index in [1.165, 1.54) is 5.57 Å². The lowest BCUT2D eigenvalue weighted by molar-refractivity contribution is -0.0604. The van der Waals surface area contributed by atoms with Crippen LogP contribution in [-0.2, 0) is 9.47 Å². The van der Waals surface area contributed by atoms with Gasteiger partial charge in [-0.25, -0.2) is 0 Å². The van der Waals surface area contributed by atoms with Crippen LogP contribution in [0.15, 0.2) is 47.8 Å². The Kier molecular flexibility index (Phi) is 6.82. The van der Waals surface area contributed by atoms with Gasteiger partial charge in [0.25, 0.3) is 0 Å². The fourth-order valence-corrected chi connectivity index (χ4v) is 4.28. The van der Waals surface area contributed by atoms with Crippen molar-refractivity contribution < 1.29 is 14.6 Å². The first-order valence-corrected chi connectivity index (χ1v) is 10.5. The molecule has 3 aliphatic heterocycles. The van der Waals surface area contributed by atoms with Crippen LogP contribution in [0.4, 0.5) is 0 Å². The Bertz CT molecular complexity index is 628. The lowest BCUT2D eigenvalue weighted by Crippen LogP contribution is -2.63. The maximum absolute atomic E-state index is 11.3. The monoisotopic (exact) mass is 388 g/mol. The highest BCUT2D eigenvalue weighted by Crippen LogP contribution is 2.28. The minimum atomic E-state index is -0.750. The number of hydrogen-bond donors (Lipinski definition) is 3. The molecule has 1 unspecified atom stereocenters. The fraction of sp³-hybridized carbons (Fsp3) is 0.619. The second-order valence-corrected chi connectivity index (χ2v) is 7.74. The predicted molar refractivity (Wildman–Crippen MR) is 108 cm³/mol. The minimum Gasteiger partial charge on any atom is -0.465 e. The molecule has 0 radical (unpaired) electrons. The summed E-state index contributed by atoms with van der Waals surface area (Å²) in [5, 5.41) is 18.1. The van der Waals surface area contributed by atoms with Crippen molar-refractivity contribution in [3.05, 3.63) is 47.8 Å². The van der Waals surface area contributed by atoms with Gasteiger partial charge in [-0.2, -0.15) is 0 Å². The van der Waals surface area contributed by atoms with Crippen LogP contribution < -0.4 is 10.6 Å². The number of nitrogens with one attached hydrogen (secondary N) is 2. The zero-order valence-electron chi connectivity index (χ0n) is 16.5. The van der Waals surface area contributed by atoms with Crippen molar-refractivity contribution in [3.63, 3.8) is 0 Å². The minimum absolute atomic E-state index is 0.102. The standard InChI is InChI=1S/C21H32N4O3/c26-20(19-16-27-15-18(28-19)14-17-4-2-1-3-5-17)21(24-10-6-22-7-11-24)25-12-8-23-9-13-25/h1-2,4,15-16,20-23,26H,3,5-14H2. The second-order valence-electron chi connectivity index (χ2n) is 7.74. The van der Waals surface area contributed by atoms with E-state index in [9.17, 15) is 5.11 Å². The van der Waals surface area contributed by atoms with Crippen LogP contribution in [-0.4, -0.2) is 79.5 Å². The molecule has 4 aliphatic rings. The van der Waals surface area contributed by atoms with E-state index in [1.54, 1.807) is 12.5 Å². The van der Waals surface area contributed by atoms with E-state index >= 15 is 0 Å². The molecule has 0 bridgehead atoms. The Morgan fingerprint density at radius 2 is 1.68 bits per heavy atom. The van der Waals surface area contributed by atoms with Crippen LogP contribution in [0.1, 0.15) is 19.3 Å². The second kappa shape index (κ2) is 9.71. The number of aliphatic hydroxyl groups excluding tert-OH is 1. The summed E-state index contributed by atoms with van der Waals surface area (Å²) in [6.45, 7) is 7.45. The van der Waals surface area contributed by atoms with Crippen molar-refractivity contribution in [2.45, 2.75) is 31.5 Å². The van der Waals surface area contributed by atoms with Crippen molar-refractivity contribution in [2.24, 2.45) is 0 Å². The Hall–Kier alpha value is -1.64. The van der Waals surface area contributed by atoms with E-state index in [0.717, 1.165) is 77.4 Å². The lowest BCUT2D eigenvalue weighted by Gasteiger charge is -2.45. The van der Waals surface area contributed by atoms with Crippen molar-refractivity contribution in [1.82, 2.24) is 20.4 Å². The van der Waals surface area contributed by atoms with Crippen LogP contribution in [0.5, 0.6) is 0 Å². The largest absolute Gasteiger partial charge is 0.465 e. The van der Waals surface area contributed by atoms with Crippen molar-refractivity contribution in [1.29, 1.82) is 0 Å². The molecule has 1 aliphatic carbocycles. The fourth-order valence-electron chi connectivity index (χ4n) is 4.28. The first-order valence-electron chi connectivity index (χ1n) is 10.5. The molecule has 0 spiro atoms. The number of allylic oxidation sites excluding steroid dienone is 4. The quantitative estimate of drug-likeness (QED) is 0.624. The molecule has 7 nitrogen and oxygen atoms in total. The number of nitrogens with zero attached hydrogens (tertiary/aromatic N) is 2. The molecule has 0 aromatic heterocycles. The van der Waals surface area contributed by atoms with E-state index < -0.39 is 6.10 Å². The highest BCUT2D eigenvalue weighted by molar-refractivity contribution is 5.23. The van der Waals surface area contributed by atoms with Gasteiger partial charge in [0, 0.05) is 58.8 Å². The number of hydrogen-bond acceptors (Lipinski definition) is 7. The molecule has 0 amide bonds. The molecular weight excluding hydrogens is 356 g/mol. The van der Waals surface area contributed by atoms with Gasteiger partial charge < -0.3 is 25.2 Å². The SMILES string of the molecule is OC(C1=COC=C(CC2=CC=CCC2)O1)C(N1CCNCC1)N1CCNCC1. The maximum Gasteiger partial charge on any atom is 0.170 e. The molecule has 2 fully saturated rings. The van der Waals surface area contributed by atoms with Crippen LogP contribution in [0, 0.1) is 0 Å². The summed E-state index contributed by atoms with van der Waals surface area (Å²) in [4.78, 5) is 4.73. The molecule has 4 rings (SSSR count). The van der Waals surface area contributed by atoms with Gasteiger partial charge in [-0.05, 0) is 12.8 Å². The molecule has 1 atom stereocenters. The van der Waals surface area contributed by atoms with E-state index in [2.05, 4.69) is 38.7 Å². The van der Waals surface area contributed by atoms with Crippen molar-refractivity contribution in [3.8, 4) is 0 Å². The van der Waals surface area contributed by atoms with Crippen LogP contribution in [0.3, 0.4) is 0 Å². The Morgan fingerprint density at radius 3 is 2.29 bits per heavy atom. The van der Waals surface area contributed by atoms with Crippen molar-refractivity contribution >= 4 is 0 Å². The third-order valence-electron chi connectivity index (χ3n) is 5.76. The molecule has 7 heteroatoms. The first kappa shape index (κ1) is 19.7. The van der Waals surface area contributed by atoms with Gasteiger partial charge in [-0.3, -0.25) is 9.80 Å². The Balaban J connectivity index is 1.44. The van der Waals surface area contributed by atoms with Crippen molar-refractivity contribution in [2.75, 3.05) is 52.4 Å². The summed E-state index contributed by atoms with van der Waals surface area (Å²) in [7, 11) is 0. The van der Waals surface area contributed by atoms with Crippen LogP contribution >= 0.6 is 0 Å². The molecule has 0 aromatic rings. The maximum atomic E-state index is 11.3. The molecule has 28 heavy (non-hydrogen) atoms. The third kappa shape index (κ3) is 4.85. The smallest absolute Gasteiger partial charge is 0.170 e.